The quantitative estimate of drug-likeness (QED) is 0.438. The van der Waals surface area contributed by atoms with Crippen LogP contribution in [0.5, 0.6) is 0 Å². The summed E-state index contributed by atoms with van der Waals surface area (Å²) in [5.74, 6) is -0.302. The number of aliphatic hydroxyl groups is 1. The predicted molar refractivity (Wildman–Crippen MR) is 82.9 cm³/mol. The molecule has 0 radical (unpaired) electrons. The Hall–Kier alpha value is -2.86. The molecule has 1 atom stereocenters. The molecule has 22 heavy (non-hydrogen) atoms. The first-order valence-corrected chi connectivity index (χ1v) is 6.85. The van der Waals surface area contributed by atoms with Gasteiger partial charge in [0.25, 0.3) is 0 Å². The van der Waals surface area contributed by atoms with Gasteiger partial charge in [0.2, 0.25) is 0 Å². The van der Waals surface area contributed by atoms with Crippen LogP contribution in [-0.2, 0) is 0 Å². The summed E-state index contributed by atoms with van der Waals surface area (Å²) >= 11 is 0. The molecular formula is C16H13FN4O. The van der Waals surface area contributed by atoms with Gasteiger partial charge in [0.05, 0.1) is 17.4 Å². The van der Waals surface area contributed by atoms with E-state index in [1.165, 1.54) is 12.1 Å². The van der Waals surface area contributed by atoms with Crippen LogP contribution < -0.4 is 5.32 Å². The number of fused-ring (bicyclic) bond motifs is 2. The monoisotopic (exact) mass is 296 g/mol. The van der Waals surface area contributed by atoms with Gasteiger partial charge in [-0.25, -0.2) is 4.39 Å². The molecule has 1 unspecified atom stereocenters. The highest BCUT2D eigenvalue weighted by molar-refractivity contribution is 5.91. The Kier molecular flexibility index (Phi) is 2.83. The second kappa shape index (κ2) is 4.85. The maximum atomic E-state index is 13.2. The number of aromatic amines is 2. The maximum absolute atomic E-state index is 13.2. The van der Waals surface area contributed by atoms with Crippen LogP contribution in [0.15, 0.2) is 48.7 Å². The Bertz CT molecular complexity index is 959. The zero-order chi connectivity index (χ0) is 15.1. The first-order valence-electron chi connectivity index (χ1n) is 6.85. The van der Waals surface area contributed by atoms with Crippen molar-refractivity contribution in [2.75, 3.05) is 5.32 Å². The highest BCUT2D eigenvalue weighted by atomic mass is 19.1. The highest BCUT2D eigenvalue weighted by Crippen LogP contribution is 2.26. The van der Waals surface area contributed by atoms with Gasteiger partial charge in [-0.05, 0) is 36.4 Å². The molecule has 0 aliphatic heterocycles. The lowest BCUT2D eigenvalue weighted by atomic mass is 10.2. The number of aliphatic hydroxyl groups excluding tert-OH is 1. The van der Waals surface area contributed by atoms with Gasteiger partial charge in [0.1, 0.15) is 5.82 Å². The third kappa shape index (κ3) is 2.10. The summed E-state index contributed by atoms with van der Waals surface area (Å²) in [6.07, 6.45) is 0.765. The molecule has 2 heterocycles. The van der Waals surface area contributed by atoms with E-state index in [2.05, 4.69) is 20.5 Å². The number of benzene rings is 2. The molecule has 110 valence electrons. The molecule has 2 aromatic carbocycles. The summed E-state index contributed by atoms with van der Waals surface area (Å²) in [5.41, 5.74) is 3.00. The molecule has 6 heteroatoms. The van der Waals surface area contributed by atoms with E-state index in [1.54, 1.807) is 18.3 Å². The smallest absolute Gasteiger partial charge is 0.165 e. The lowest BCUT2D eigenvalue weighted by Crippen LogP contribution is -2.10. The summed E-state index contributed by atoms with van der Waals surface area (Å²) in [4.78, 5) is 3.08. The summed E-state index contributed by atoms with van der Waals surface area (Å²) in [5, 5.41) is 21.9. The Morgan fingerprint density at radius 1 is 1.14 bits per heavy atom. The van der Waals surface area contributed by atoms with Crippen molar-refractivity contribution >= 4 is 27.5 Å². The van der Waals surface area contributed by atoms with Crippen molar-refractivity contribution in [2.24, 2.45) is 0 Å². The van der Waals surface area contributed by atoms with Crippen LogP contribution in [0, 0.1) is 5.82 Å². The van der Waals surface area contributed by atoms with Crippen molar-refractivity contribution in [1.82, 2.24) is 15.2 Å². The zero-order valence-corrected chi connectivity index (χ0v) is 11.5. The van der Waals surface area contributed by atoms with Crippen molar-refractivity contribution in [3.63, 3.8) is 0 Å². The van der Waals surface area contributed by atoms with Crippen molar-refractivity contribution < 1.29 is 9.50 Å². The lowest BCUT2D eigenvalue weighted by molar-refractivity contribution is 0.204. The van der Waals surface area contributed by atoms with Crippen molar-refractivity contribution in [2.45, 2.75) is 6.23 Å². The Labute approximate surface area is 124 Å². The third-order valence-corrected chi connectivity index (χ3v) is 3.68. The average molecular weight is 296 g/mol. The van der Waals surface area contributed by atoms with Gasteiger partial charge in [-0.1, -0.05) is 6.07 Å². The number of aromatic nitrogens is 3. The number of anilines is 1. The molecule has 2 aromatic heterocycles. The summed E-state index contributed by atoms with van der Waals surface area (Å²) in [6, 6.07) is 11.8. The molecule has 0 aliphatic rings. The van der Waals surface area contributed by atoms with Gasteiger partial charge in [0, 0.05) is 22.0 Å². The fourth-order valence-corrected chi connectivity index (χ4v) is 2.59. The molecule has 5 nitrogen and oxygen atoms in total. The standard InChI is InChI=1S/C16H13FN4O/c17-10-4-5-12-9(6-10)7-15(19-12)16(22)20-13-2-1-3-14-11(13)8-18-21-14/h1-8,16,19-20,22H,(H,18,21). The van der Waals surface area contributed by atoms with Crippen LogP contribution in [0.4, 0.5) is 10.1 Å². The van der Waals surface area contributed by atoms with E-state index < -0.39 is 6.23 Å². The van der Waals surface area contributed by atoms with E-state index in [1.807, 2.05) is 18.2 Å². The van der Waals surface area contributed by atoms with E-state index in [9.17, 15) is 9.50 Å². The summed E-state index contributed by atoms with van der Waals surface area (Å²) in [7, 11) is 0. The molecule has 0 spiro atoms. The molecule has 4 N–H and O–H groups in total. The number of H-pyrrole nitrogens is 2. The summed E-state index contributed by atoms with van der Waals surface area (Å²) in [6.45, 7) is 0. The molecule has 0 amide bonds. The Balaban J connectivity index is 1.68. The minimum absolute atomic E-state index is 0.302. The van der Waals surface area contributed by atoms with Gasteiger partial charge in [0.15, 0.2) is 6.23 Å². The molecule has 0 bridgehead atoms. The number of rotatable bonds is 3. The molecule has 0 saturated heterocycles. The normalized spacial score (nSPS) is 12.8. The minimum atomic E-state index is -0.934. The lowest BCUT2D eigenvalue weighted by Gasteiger charge is -2.13. The van der Waals surface area contributed by atoms with Crippen LogP contribution in [0.3, 0.4) is 0 Å². The molecule has 4 rings (SSSR count). The van der Waals surface area contributed by atoms with Crippen LogP contribution in [0.2, 0.25) is 0 Å². The number of nitrogens with one attached hydrogen (secondary N) is 3. The largest absolute Gasteiger partial charge is 0.368 e. The van der Waals surface area contributed by atoms with Gasteiger partial charge in [-0.3, -0.25) is 5.10 Å². The SMILES string of the molecule is OC(Nc1cccc2[nH]ncc12)c1cc2cc(F)ccc2[nH]1. The number of halogens is 1. The Morgan fingerprint density at radius 2 is 2.05 bits per heavy atom. The average Bonchev–Trinajstić information content (AvgIpc) is 3.13. The van der Waals surface area contributed by atoms with Crippen molar-refractivity contribution in [3.8, 4) is 0 Å². The first-order chi connectivity index (χ1) is 10.7. The number of hydrogen-bond acceptors (Lipinski definition) is 3. The first kappa shape index (κ1) is 12.8. The fourth-order valence-electron chi connectivity index (χ4n) is 2.59. The van der Waals surface area contributed by atoms with Crippen LogP contribution in [-0.4, -0.2) is 20.3 Å². The third-order valence-electron chi connectivity index (χ3n) is 3.68. The van der Waals surface area contributed by atoms with Gasteiger partial charge in [-0.15, -0.1) is 0 Å². The second-order valence-electron chi connectivity index (χ2n) is 5.14. The van der Waals surface area contributed by atoms with Crippen molar-refractivity contribution in [3.05, 3.63) is 60.2 Å². The number of hydrogen-bond donors (Lipinski definition) is 4. The minimum Gasteiger partial charge on any atom is -0.368 e. The summed E-state index contributed by atoms with van der Waals surface area (Å²) < 4.78 is 13.2. The molecule has 4 aromatic rings. The highest BCUT2D eigenvalue weighted by Gasteiger charge is 2.13. The van der Waals surface area contributed by atoms with Gasteiger partial charge in [-0.2, -0.15) is 5.10 Å². The van der Waals surface area contributed by atoms with E-state index in [4.69, 9.17) is 0 Å². The fraction of sp³-hybridized carbons (Fsp3) is 0.0625. The van der Waals surface area contributed by atoms with E-state index in [0.29, 0.717) is 5.69 Å². The van der Waals surface area contributed by atoms with Crippen LogP contribution in [0.1, 0.15) is 11.9 Å². The van der Waals surface area contributed by atoms with Crippen LogP contribution >= 0.6 is 0 Å². The second-order valence-corrected chi connectivity index (χ2v) is 5.14. The molecular weight excluding hydrogens is 283 g/mol. The van der Waals surface area contributed by atoms with E-state index in [-0.39, 0.29) is 5.82 Å². The molecule has 0 fully saturated rings. The Morgan fingerprint density at radius 3 is 2.95 bits per heavy atom. The maximum Gasteiger partial charge on any atom is 0.165 e. The molecule has 0 aliphatic carbocycles. The van der Waals surface area contributed by atoms with Crippen molar-refractivity contribution in [1.29, 1.82) is 0 Å². The zero-order valence-electron chi connectivity index (χ0n) is 11.5. The van der Waals surface area contributed by atoms with E-state index in [0.717, 1.165) is 27.5 Å². The number of nitrogens with zero attached hydrogens (tertiary/aromatic N) is 1. The van der Waals surface area contributed by atoms with Gasteiger partial charge >= 0.3 is 0 Å². The van der Waals surface area contributed by atoms with Gasteiger partial charge < -0.3 is 15.4 Å². The van der Waals surface area contributed by atoms with Crippen LogP contribution in [0.25, 0.3) is 21.8 Å². The topological polar surface area (TPSA) is 76.7 Å². The molecule has 0 saturated carbocycles. The van der Waals surface area contributed by atoms with E-state index >= 15 is 0 Å². The predicted octanol–water partition coefficient (Wildman–Crippen LogP) is 3.29.